The van der Waals surface area contributed by atoms with Crippen LogP contribution < -0.4 is 9.47 Å². The third kappa shape index (κ3) is 1.61. The lowest BCUT2D eigenvalue weighted by Gasteiger charge is -2.42. The first kappa shape index (κ1) is 11.8. The molecule has 2 unspecified atom stereocenters. The Labute approximate surface area is 108 Å². The Bertz CT molecular complexity index is 479. The average molecular weight is 248 g/mol. The molecule has 1 fully saturated rings. The zero-order valence-electron chi connectivity index (χ0n) is 11.2. The van der Waals surface area contributed by atoms with E-state index in [1.54, 1.807) is 7.11 Å². The molecule has 1 aromatic carbocycles. The fourth-order valence-electron chi connectivity index (χ4n) is 2.86. The van der Waals surface area contributed by atoms with E-state index in [2.05, 4.69) is 13.8 Å². The highest BCUT2D eigenvalue weighted by Crippen LogP contribution is 2.59. The molecule has 2 atom stereocenters. The summed E-state index contributed by atoms with van der Waals surface area (Å²) in [4.78, 5) is 0. The van der Waals surface area contributed by atoms with Crippen LogP contribution in [-0.2, 0) is 0 Å². The molecule has 1 aliphatic carbocycles. The van der Waals surface area contributed by atoms with E-state index in [9.17, 15) is 5.11 Å². The van der Waals surface area contributed by atoms with Crippen LogP contribution in [0.5, 0.6) is 11.5 Å². The van der Waals surface area contributed by atoms with Crippen LogP contribution in [0.2, 0.25) is 0 Å². The Kier molecular flexibility index (Phi) is 2.39. The molecule has 2 aliphatic rings. The zero-order chi connectivity index (χ0) is 13.0. The minimum absolute atomic E-state index is 0.214. The molecule has 0 spiro atoms. The summed E-state index contributed by atoms with van der Waals surface area (Å²) >= 11 is 0. The van der Waals surface area contributed by atoms with Gasteiger partial charge < -0.3 is 14.6 Å². The maximum atomic E-state index is 10.4. The van der Waals surface area contributed by atoms with Gasteiger partial charge in [-0.15, -0.1) is 0 Å². The Balaban J connectivity index is 1.98. The maximum Gasteiger partial charge on any atom is 0.126 e. The van der Waals surface area contributed by atoms with E-state index >= 15 is 0 Å². The second kappa shape index (κ2) is 3.64. The highest BCUT2D eigenvalue weighted by molar-refractivity contribution is 5.44. The third-order valence-corrected chi connectivity index (χ3v) is 4.77. The number of hydrogen-bond donors (Lipinski definition) is 1. The molecule has 3 nitrogen and oxygen atoms in total. The van der Waals surface area contributed by atoms with Gasteiger partial charge in [-0.2, -0.15) is 0 Å². The highest BCUT2D eigenvalue weighted by Gasteiger charge is 2.57. The van der Waals surface area contributed by atoms with Crippen LogP contribution >= 0.6 is 0 Å². The van der Waals surface area contributed by atoms with Gasteiger partial charge in [-0.05, 0) is 38.0 Å². The van der Waals surface area contributed by atoms with Gasteiger partial charge in [0.15, 0.2) is 0 Å². The van der Waals surface area contributed by atoms with Crippen molar-refractivity contribution in [1.29, 1.82) is 0 Å². The van der Waals surface area contributed by atoms with Crippen LogP contribution in [0.1, 0.15) is 44.8 Å². The molecular weight excluding hydrogens is 228 g/mol. The zero-order valence-corrected chi connectivity index (χ0v) is 11.2. The number of aliphatic hydroxyl groups excluding tert-OH is 1. The summed E-state index contributed by atoms with van der Waals surface area (Å²) in [6.45, 7) is 4.37. The van der Waals surface area contributed by atoms with Crippen LogP contribution in [0.4, 0.5) is 0 Å². The molecule has 0 radical (unpaired) electrons. The number of ether oxygens (including phenoxy) is 2. The van der Waals surface area contributed by atoms with Crippen molar-refractivity contribution in [2.24, 2.45) is 5.41 Å². The van der Waals surface area contributed by atoms with E-state index in [0.29, 0.717) is 6.42 Å². The summed E-state index contributed by atoms with van der Waals surface area (Å²) < 4.78 is 11.4. The minimum atomic E-state index is -0.466. The Hall–Kier alpha value is -1.22. The van der Waals surface area contributed by atoms with Crippen LogP contribution in [0.3, 0.4) is 0 Å². The summed E-state index contributed by atoms with van der Waals surface area (Å²) in [5, 5.41) is 10.4. The number of methoxy groups -OCH3 is 1. The molecule has 98 valence electrons. The summed E-state index contributed by atoms with van der Waals surface area (Å²) in [6.07, 6.45) is 2.55. The second-order valence-electron chi connectivity index (χ2n) is 6.02. The number of fused-ring (bicyclic) bond motifs is 1. The van der Waals surface area contributed by atoms with Crippen molar-refractivity contribution in [2.75, 3.05) is 7.11 Å². The number of hydrogen-bond acceptors (Lipinski definition) is 3. The van der Waals surface area contributed by atoms with Crippen LogP contribution in [0.15, 0.2) is 18.2 Å². The van der Waals surface area contributed by atoms with Crippen LogP contribution in [-0.4, -0.2) is 17.8 Å². The maximum absolute atomic E-state index is 10.4. The average Bonchev–Trinajstić information content (AvgIpc) is 3.09. The molecule has 1 N–H and O–H groups in total. The minimum Gasteiger partial charge on any atom is -0.497 e. The third-order valence-electron chi connectivity index (χ3n) is 4.77. The topological polar surface area (TPSA) is 38.7 Å². The molecule has 1 aliphatic heterocycles. The lowest BCUT2D eigenvalue weighted by Crippen LogP contribution is -2.45. The first-order valence-electron chi connectivity index (χ1n) is 6.52. The summed E-state index contributed by atoms with van der Waals surface area (Å²) in [6, 6.07) is 5.65. The summed E-state index contributed by atoms with van der Waals surface area (Å²) in [5.74, 6) is 1.56. The molecule has 18 heavy (non-hydrogen) atoms. The van der Waals surface area contributed by atoms with Crippen molar-refractivity contribution in [1.82, 2.24) is 0 Å². The molecule has 3 rings (SSSR count). The lowest BCUT2D eigenvalue weighted by molar-refractivity contribution is -0.0473. The van der Waals surface area contributed by atoms with E-state index in [1.165, 1.54) is 12.8 Å². The molecule has 0 amide bonds. The first-order chi connectivity index (χ1) is 8.47. The predicted octanol–water partition coefficient (Wildman–Crippen LogP) is 3.07. The molecule has 0 aromatic heterocycles. The van der Waals surface area contributed by atoms with Crippen molar-refractivity contribution in [3.63, 3.8) is 0 Å². The molecule has 1 heterocycles. The van der Waals surface area contributed by atoms with Gasteiger partial charge in [0.25, 0.3) is 0 Å². The standard InChI is InChI=1S/C15H20O3/c1-14(6-7-14)15(2)9-12(16)11-8-10(17-3)4-5-13(11)18-15/h4-5,8,12,16H,6-7,9H2,1-3H3. The smallest absolute Gasteiger partial charge is 0.126 e. The molecule has 0 saturated heterocycles. The van der Waals surface area contributed by atoms with Crippen molar-refractivity contribution in [2.45, 2.75) is 44.8 Å². The lowest BCUT2D eigenvalue weighted by atomic mass is 9.79. The van der Waals surface area contributed by atoms with Crippen molar-refractivity contribution < 1.29 is 14.6 Å². The van der Waals surface area contributed by atoms with Crippen molar-refractivity contribution in [3.05, 3.63) is 23.8 Å². The quantitative estimate of drug-likeness (QED) is 0.874. The normalized spacial score (nSPS) is 32.3. The van der Waals surface area contributed by atoms with E-state index < -0.39 is 6.10 Å². The largest absolute Gasteiger partial charge is 0.497 e. The fourth-order valence-corrected chi connectivity index (χ4v) is 2.86. The monoisotopic (exact) mass is 248 g/mol. The summed E-state index contributed by atoms with van der Waals surface area (Å²) in [5.41, 5.74) is 0.802. The molecule has 0 bridgehead atoms. The fraction of sp³-hybridized carbons (Fsp3) is 0.600. The first-order valence-corrected chi connectivity index (χ1v) is 6.52. The van der Waals surface area contributed by atoms with Gasteiger partial charge in [0, 0.05) is 17.4 Å². The van der Waals surface area contributed by atoms with Crippen molar-refractivity contribution in [3.8, 4) is 11.5 Å². The molecule has 1 saturated carbocycles. The Morgan fingerprint density at radius 2 is 2.06 bits per heavy atom. The predicted molar refractivity (Wildman–Crippen MR) is 68.9 cm³/mol. The molecule has 3 heteroatoms. The molecular formula is C15H20O3. The van der Waals surface area contributed by atoms with Gasteiger partial charge >= 0.3 is 0 Å². The number of aliphatic hydroxyl groups is 1. The van der Waals surface area contributed by atoms with Gasteiger partial charge in [-0.1, -0.05) is 6.92 Å². The Morgan fingerprint density at radius 3 is 2.67 bits per heavy atom. The van der Waals surface area contributed by atoms with Gasteiger partial charge in [0.1, 0.15) is 17.1 Å². The SMILES string of the molecule is COc1ccc2c(c1)C(O)CC(C)(C1(C)CC1)O2. The number of rotatable bonds is 2. The van der Waals surface area contributed by atoms with Gasteiger partial charge in [-0.3, -0.25) is 0 Å². The second-order valence-corrected chi connectivity index (χ2v) is 6.02. The number of benzene rings is 1. The van der Waals surface area contributed by atoms with Crippen LogP contribution in [0, 0.1) is 5.41 Å². The molecule has 1 aromatic rings. The van der Waals surface area contributed by atoms with Gasteiger partial charge in [-0.25, -0.2) is 0 Å². The van der Waals surface area contributed by atoms with Crippen LogP contribution in [0.25, 0.3) is 0 Å². The van der Waals surface area contributed by atoms with E-state index in [-0.39, 0.29) is 11.0 Å². The van der Waals surface area contributed by atoms with E-state index in [0.717, 1.165) is 17.1 Å². The van der Waals surface area contributed by atoms with Crippen molar-refractivity contribution >= 4 is 0 Å². The van der Waals surface area contributed by atoms with E-state index in [4.69, 9.17) is 9.47 Å². The van der Waals surface area contributed by atoms with Gasteiger partial charge in [0.2, 0.25) is 0 Å². The highest BCUT2D eigenvalue weighted by atomic mass is 16.5. The summed E-state index contributed by atoms with van der Waals surface area (Å²) in [7, 11) is 1.63. The van der Waals surface area contributed by atoms with E-state index in [1.807, 2.05) is 18.2 Å². The van der Waals surface area contributed by atoms with Gasteiger partial charge in [0.05, 0.1) is 13.2 Å². The Morgan fingerprint density at radius 1 is 1.33 bits per heavy atom.